The molecule has 0 bridgehead atoms. The molecule has 0 fully saturated rings. The number of carboxylic acids is 1. The summed E-state index contributed by atoms with van der Waals surface area (Å²) in [5.41, 5.74) is 5.14. The number of carboxylic acid groups (broad SMARTS) is 1. The number of aliphatic carboxylic acids is 1. The molecule has 1 unspecified atom stereocenters. The van der Waals surface area contributed by atoms with Crippen molar-refractivity contribution in [1.82, 2.24) is 19.7 Å². The van der Waals surface area contributed by atoms with Crippen molar-refractivity contribution in [3.05, 3.63) is 97.7 Å². The van der Waals surface area contributed by atoms with E-state index in [1.165, 1.54) is 13.1 Å². The number of fused-ring (bicyclic) bond motifs is 1. The fourth-order valence-corrected chi connectivity index (χ4v) is 4.39. The molecule has 5 aromatic rings. The Morgan fingerprint density at radius 1 is 1.02 bits per heavy atom. The van der Waals surface area contributed by atoms with Gasteiger partial charge in [0.05, 0.1) is 37.8 Å². The number of alkyl halides is 3. The second-order valence-corrected chi connectivity index (χ2v) is 10.1. The molecule has 5 rings (SSSR count). The van der Waals surface area contributed by atoms with Crippen LogP contribution in [0.5, 0.6) is 17.4 Å². The molecule has 0 aliphatic carbocycles. The van der Waals surface area contributed by atoms with E-state index in [0.717, 1.165) is 10.9 Å². The van der Waals surface area contributed by atoms with Crippen LogP contribution in [0.3, 0.4) is 0 Å². The molecule has 0 saturated heterocycles. The van der Waals surface area contributed by atoms with Crippen molar-refractivity contribution in [2.45, 2.75) is 19.2 Å². The predicted molar refractivity (Wildman–Crippen MR) is 158 cm³/mol. The molecule has 0 aliphatic rings. The Bertz CT molecular complexity index is 1870. The summed E-state index contributed by atoms with van der Waals surface area (Å²) in [5, 5.41) is 22.9. The number of nitrogens with two attached hydrogens (primary N) is 1. The van der Waals surface area contributed by atoms with E-state index in [9.17, 15) is 28.1 Å². The van der Waals surface area contributed by atoms with E-state index in [4.69, 9.17) is 55.1 Å². The van der Waals surface area contributed by atoms with Crippen LogP contribution < -0.4 is 15.2 Å². The highest BCUT2D eigenvalue weighted by Crippen LogP contribution is 2.39. The zero-order valence-corrected chi connectivity index (χ0v) is 24.8. The van der Waals surface area contributed by atoms with Gasteiger partial charge in [0.1, 0.15) is 23.4 Å². The molecule has 3 aromatic carbocycles. The lowest BCUT2D eigenvalue weighted by Crippen LogP contribution is -2.22. The Balaban J connectivity index is 0.000000207. The van der Waals surface area contributed by atoms with Crippen molar-refractivity contribution in [1.29, 1.82) is 0 Å². The third kappa shape index (κ3) is 8.00. The van der Waals surface area contributed by atoms with Gasteiger partial charge in [-0.2, -0.15) is 18.3 Å². The van der Waals surface area contributed by atoms with Crippen LogP contribution in [0.4, 0.5) is 24.7 Å². The number of hydrogen-bond acceptors (Lipinski definition) is 9. The SMILES string of the molecule is CC(Oc1ccc(Oc2cnc3cc(Cl)ccc3n2)cc1)C(=O)O.Nc1c([N+](=O)[O-])cnn1-c1c(Cl)cc(C(F)(F)F)cc1Cl. The Labute approximate surface area is 265 Å². The maximum absolute atomic E-state index is 12.6. The molecule has 0 spiro atoms. The molecule has 3 N–H and O–H groups in total. The van der Waals surface area contributed by atoms with Crippen LogP contribution in [0.15, 0.2) is 67.0 Å². The standard InChI is InChI=1S/C17H13ClN2O4.C10H5Cl2F3N4O2/c1-10(17(21)22)23-12-3-5-13(6-4-12)24-16-9-19-15-8-11(18)2-7-14(15)20-16;11-5-1-4(10(13,14)15)2-6(12)8(5)18-9(16)7(3-17-18)19(20)21/h2-10H,1H3,(H,21,22);1-3H,16H2. The zero-order chi connectivity index (χ0) is 33.1. The number of benzene rings is 3. The van der Waals surface area contributed by atoms with Gasteiger partial charge in [0, 0.05) is 5.02 Å². The Kier molecular flexibility index (Phi) is 9.85. The van der Waals surface area contributed by atoms with Gasteiger partial charge >= 0.3 is 17.8 Å². The summed E-state index contributed by atoms with van der Waals surface area (Å²) in [4.78, 5) is 29.3. The second-order valence-electron chi connectivity index (χ2n) is 8.88. The molecule has 0 radical (unpaired) electrons. The van der Waals surface area contributed by atoms with Gasteiger partial charge < -0.3 is 20.3 Å². The maximum atomic E-state index is 12.6. The number of rotatable bonds is 7. The average molecular weight is 686 g/mol. The molecule has 18 heteroatoms. The third-order valence-corrected chi connectivity index (χ3v) is 6.54. The van der Waals surface area contributed by atoms with Crippen LogP contribution >= 0.6 is 34.8 Å². The second kappa shape index (κ2) is 13.4. The van der Waals surface area contributed by atoms with E-state index >= 15 is 0 Å². The van der Waals surface area contributed by atoms with E-state index in [-0.39, 0.29) is 15.7 Å². The van der Waals surface area contributed by atoms with Gasteiger partial charge in [-0.3, -0.25) is 10.1 Å². The smallest absolute Gasteiger partial charge is 0.416 e. The summed E-state index contributed by atoms with van der Waals surface area (Å²) >= 11 is 17.4. The molecule has 12 nitrogen and oxygen atoms in total. The predicted octanol–water partition coefficient (Wildman–Crippen LogP) is 7.62. The zero-order valence-electron chi connectivity index (χ0n) is 22.5. The number of ether oxygens (including phenoxy) is 2. The summed E-state index contributed by atoms with van der Waals surface area (Å²) in [6.45, 7) is 1.46. The fraction of sp³-hybridized carbons (Fsp3) is 0.111. The lowest BCUT2D eigenvalue weighted by atomic mass is 10.2. The van der Waals surface area contributed by atoms with Gasteiger partial charge in [0.25, 0.3) is 0 Å². The van der Waals surface area contributed by atoms with E-state index in [2.05, 4.69) is 15.1 Å². The van der Waals surface area contributed by atoms with Crippen LogP contribution in [-0.2, 0) is 11.0 Å². The molecule has 0 amide bonds. The van der Waals surface area contributed by atoms with Crippen molar-refractivity contribution in [2.24, 2.45) is 0 Å². The Morgan fingerprint density at radius 3 is 2.20 bits per heavy atom. The van der Waals surface area contributed by atoms with Crippen molar-refractivity contribution in [2.75, 3.05) is 5.73 Å². The molecule has 2 aromatic heterocycles. The molecule has 45 heavy (non-hydrogen) atoms. The lowest BCUT2D eigenvalue weighted by molar-refractivity contribution is -0.383. The average Bonchev–Trinajstić information content (AvgIpc) is 3.34. The minimum absolute atomic E-state index is 0.170. The topological polar surface area (TPSA) is 169 Å². The van der Waals surface area contributed by atoms with Gasteiger partial charge in [-0.25, -0.2) is 19.4 Å². The number of nitrogens with zero attached hydrogens (tertiary/aromatic N) is 5. The summed E-state index contributed by atoms with van der Waals surface area (Å²) in [6, 6.07) is 13.1. The number of hydrogen-bond donors (Lipinski definition) is 2. The van der Waals surface area contributed by atoms with E-state index in [1.54, 1.807) is 42.5 Å². The highest BCUT2D eigenvalue weighted by Gasteiger charge is 2.33. The molecule has 0 saturated carbocycles. The largest absolute Gasteiger partial charge is 0.479 e. The summed E-state index contributed by atoms with van der Waals surface area (Å²) in [6.07, 6.45) is -3.20. The van der Waals surface area contributed by atoms with Gasteiger partial charge in [-0.1, -0.05) is 34.8 Å². The fourth-order valence-electron chi connectivity index (χ4n) is 3.58. The van der Waals surface area contributed by atoms with E-state index in [1.807, 2.05) is 0 Å². The van der Waals surface area contributed by atoms with Crippen molar-refractivity contribution < 1.29 is 37.5 Å². The summed E-state index contributed by atoms with van der Waals surface area (Å²) < 4.78 is 49.6. The minimum Gasteiger partial charge on any atom is -0.479 e. The van der Waals surface area contributed by atoms with Gasteiger partial charge in [-0.05, 0) is 61.5 Å². The molecule has 1 atom stereocenters. The van der Waals surface area contributed by atoms with E-state index in [0.29, 0.717) is 45.6 Å². The molecular weight excluding hydrogens is 668 g/mol. The number of anilines is 1. The number of carbonyl (C=O) groups is 1. The number of nitro groups is 1. The first-order valence-corrected chi connectivity index (χ1v) is 13.4. The highest BCUT2D eigenvalue weighted by molar-refractivity contribution is 6.38. The number of aromatic nitrogens is 4. The monoisotopic (exact) mass is 684 g/mol. The lowest BCUT2D eigenvalue weighted by Gasteiger charge is -2.12. The first kappa shape index (κ1) is 33.0. The normalized spacial score (nSPS) is 11.8. The minimum atomic E-state index is -4.63. The quantitative estimate of drug-likeness (QED) is 0.128. The first-order valence-electron chi connectivity index (χ1n) is 12.3. The third-order valence-electron chi connectivity index (χ3n) is 5.73. The first-order chi connectivity index (χ1) is 21.1. The molecule has 234 valence electrons. The Hall–Kier alpha value is -4.86. The van der Waals surface area contributed by atoms with Crippen molar-refractivity contribution in [3.8, 4) is 23.1 Å². The van der Waals surface area contributed by atoms with Crippen LogP contribution in [0, 0.1) is 10.1 Å². The van der Waals surface area contributed by atoms with Crippen LogP contribution in [0.25, 0.3) is 16.7 Å². The molecular formula is C27H18Cl3F3N6O6. The van der Waals surface area contributed by atoms with Crippen LogP contribution in [-0.4, -0.2) is 41.9 Å². The number of halogens is 6. The van der Waals surface area contributed by atoms with Gasteiger partial charge in [0.15, 0.2) is 6.10 Å². The van der Waals surface area contributed by atoms with Crippen molar-refractivity contribution in [3.63, 3.8) is 0 Å². The van der Waals surface area contributed by atoms with Crippen LogP contribution in [0.2, 0.25) is 15.1 Å². The van der Waals surface area contributed by atoms with Crippen LogP contribution in [0.1, 0.15) is 12.5 Å². The summed E-state index contributed by atoms with van der Waals surface area (Å²) in [7, 11) is 0. The molecule has 0 aliphatic heterocycles. The van der Waals surface area contributed by atoms with Gasteiger partial charge in [0.2, 0.25) is 11.7 Å². The maximum Gasteiger partial charge on any atom is 0.416 e. The number of nitrogen functional groups attached to an aromatic ring is 1. The van der Waals surface area contributed by atoms with E-state index < -0.39 is 40.2 Å². The molecule has 2 heterocycles. The Morgan fingerprint density at radius 2 is 1.64 bits per heavy atom. The van der Waals surface area contributed by atoms with Gasteiger partial charge in [-0.15, -0.1) is 0 Å². The summed E-state index contributed by atoms with van der Waals surface area (Å²) in [5.74, 6) is -0.104. The van der Waals surface area contributed by atoms with Crippen molar-refractivity contribution >= 4 is 63.3 Å². The highest BCUT2D eigenvalue weighted by atomic mass is 35.5.